The van der Waals surface area contributed by atoms with Crippen molar-refractivity contribution in [3.05, 3.63) is 48.3 Å². The first-order valence-corrected chi connectivity index (χ1v) is 13.4. The zero-order valence-electron chi connectivity index (χ0n) is 19.8. The minimum atomic E-state index is -4.11. The van der Waals surface area contributed by atoms with Gasteiger partial charge in [-0.1, -0.05) is 90.3 Å². The van der Waals surface area contributed by atoms with Crippen LogP contribution in [0.3, 0.4) is 0 Å². The van der Waals surface area contributed by atoms with Gasteiger partial charge in [0.05, 0.1) is 26.2 Å². The molecule has 1 aromatic rings. The molecule has 1 unspecified atom stereocenters. The molecule has 0 saturated carbocycles. The Morgan fingerprint density at radius 2 is 1.23 bits per heavy atom. The number of benzene rings is 1. The van der Waals surface area contributed by atoms with Crippen LogP contribution in [-0.2, 0) is 4.57 Å². The topological polar surface area (TPSA) is 57.2 Å². The predicted octanol–water partition coefficient (Wildman–Crippen LogP) is 6.61. The Labute approximate surface area is 185 Å². The monoisotopic (exact) mass is 437 g/mol. The molecule has 1 rings (SSSR count). The average molecular weight is 438 g/mol. The largest absolute Gasteiger partial charge is 0.791 e. The van der Waals surface area contributed by atoms with Crippen LogP contribution in [0, 0.1) is 0 Å². The van der Waals surface area contributed by atoms with Crippen LogP contribution in [0.5, 0.6) is 0 Å². The first-order chi connectivity index (χ1) is 14.3. The molecule has 0 saturated heterocycles. The fraction of sp³-hybridized carbons (Fsp3) is 0.640. The number of hydrogen-bond acceptors (Lipinski definition) is 3. The Morgan fingerprint density at radius 1 is 0.867 bits per heavy atom. The molecule has 5 heteroatoms. The molecule has 0 aliphatic carbocycles. The third-order valence-corrected chi connectivity index (χ3v) is 6.79. The van der Waals surface area contributed by atoms with Gasteiger partial charge in [0.25, 0.3) is 0 Å². The maximum atomic E-state index is 11.3. The SMILES string of the molecule is C=CP(=O)([O-])C(=O)c1ccccc1.CCCC[N+](CCCC)(CCCC)CCCC. The van der Waals surface area contributed by atoms with Gasteiger partial charge in [0.2, 0.25) is 5.52 Å². The number of carbonyl (C=O) groups excluding carboxylic acids is 1. The average Bonchev–Trinajstić information content (AvgIpc) is 2.78. The van der Waals surface area contributed by atoms with E-state index in [0.29, 0.717) is 5.82 Å². The molecule has 0 aliphatic heterocycles. The summed E-state index contributed by atoms with van der Waals surface area (Å²) in [7, 11) is -4.11. The molecule has 1 atom stereocenters. The summed E-state index contributed by atoms with van der Waals surface area (Å²) < 4.78 is 12.5. The van der Waals surface area contributed by atoms with Crippen LogP contribution < -0.4 is 4.89 Å². The standard InChI is InChI=1S/C16H36N.C9H9O3P/c1-5-9-13-17(14-10-6-2,15-11-7-3)16-12-8-4;1-2-13(11,12)9(10)8-6-4-3-5-7-8/h5-16H2,1-4H3;2-7H,1H2,(H,11,12)/q+1;/p-1. The van der Waals surface area contributed by atoms with Crippen LogP contribution in [0.2, 0.25) is 0 Å². The van der Waals surface area contributed by atoms with Crippen molar-refractivity contribution in [2.45, 2.75) is 79.1 Å². The lowest BCUT2D eigenvalue weighted by atomic mass is 10.1. The fourth-order valence-electron chi connectivity index (χ4n) is 3.49. The Balaban J connectivity index is 0.000000579. The van der Waals surface area contributed by atoms with Crippen LogP contribution in [0.15, 0.2) is 42.7 Å². The zero-order chi connectivity index (χ0) is 22.9. The third kappa shape index (κ3) is 11.2. The molecule has 30 heavy (non-hydrogen) atoms. The van der Waals surface area contributed by atoms with Gasteiger partial charge in [-0.25, -0.2) is 0 Å². The summed E-state index contributed by atoms with van der Waals surface area (Å²) >= 11 is 0. The smallest absolute Gasteiger partial charge is 0.210 e. The van der Waals surface area contributed by atoms with Crippen molar-refractivity contribution in [3.63, 3.8) is 0 Å². The number of carbonyl (C=O) groups is 1. The molecule has 0 aromatic heterocycles. The molecule has 0 spiro atoms. The van der Waals surface area contributed by atoms with Gasteiger partial charge < -0.3 is 13.9 Å². The van der Waals surface area contributed by atoms with Crippen molar-refractivity contribution in [1.82, 2.24) is 0 Å². The maximum absolute atomic E-state index is 11.3. The molecule has 1 aromatic carbocycles. The van der Waals surface area contributed by atoms with Gasteiger partial charge in [-0.05, 0) is 31.5 Å². The number of hydrogen-bond donors (Lipinski definition) is 0. The lowest BCUT2D eigenvalue weighted by molar-refractivity contribution is -0.929. The second kappa shape index (κ2) is 16.5. The molecule has 0 heterocycles. The van der Waals surface area contributed by atoms with Gasteiger partial charge in [0, 0.05) is 5.56 Å². The summed E-state index contributed by atoms with van der Waals surface area (Å²) in [6.45, 7) is 18.1. The molecule has 0 radical (unpaired) electrons. The van der Waals surface area contributed by atoms with Crippen molar-refractivity contribution in [1.29, 1.82) is 0 Å². The van der Waals surface area contributed by atoms with E-state index in [1.54, 1.807) is 18.2 Å². The summed E-state index contributed by atoms with van der Waals surface area (Å²) in [6.07, 6.45) is 11.1. The molecular formula is C25H44NO3P. The highest BCUT2D eigenvalue weighted by Crippen LogP contribution is 2.40. The molecule has 0 amide bonds. The van der Waals surface area contributed by atoms with Gasteiger partial charge >= 0.3 is 0 Å². The summed E-state index contributed by atoms with van der Waals surface area (Å²) in [5.74, 6) is 0.683. The number of quaternary nitrogens is 1. The molecule has 4 nitrogen and oxygen atoms in total. The van der Waals surface area contributed by atoms with E-state index in [2.05, 4.69) is 34.3 Å². The lowest BCUT2D eigenvalue weighted by Gasteiger charge is -2.39. The Kier molecular flexibility index (Phi) is 15.8. The van der Waals surface area contributed by atoms with Crippen LogP contribution in [0.25, 0.3) is 0 Å². The zero-order valence-corrected chi connectivity index (χ0v) is 20.7. The van der Waals surface area contributed by atoms with E-state index in [0.717, 1.165) is 0 Å². The Morgan fingerprint density at radius 3 is 1.53 bits per heavy atom. The van der Waals surface area contributed by atoms with E-state index >= 15 is 0 Å². The van der Waals surface area contributed by atoms with Crippen LogP contribution in [0.4, 0.5) is 0 Å². The van der Waals surface area contributed by atoms with Crippen LogP contribution in [0.1, 0.15) is 89.4 Å². The number of nitrogens with zero attached hydrogens (tertiary/aromatic N) is 1. The van der Waals surface area contributed by atoms with E-state index in [4.69, 9.17) is 0 Å². The second-order valence-corrected chi connectivity index (χ2v) is 10.1. The minimum Gasteiger partial charge on any atom is -0.791 e. The molecular weight excluding hydrogens is 393 g/mol. The first-order valence-electron chi connectivity index (χ1n) is 11.7. The van der Waals surface area contributed by atoms with Crippen LogP contribution in [-0.4, -0.2) is 36.2 Å². The van der Waals surface area contributed by atoms with E-state index in [9.17, 15) is 14.3 Å². The van der Waals surface area contributed by atoms with E-state index in [1.165, 1.54) is 94.2 Å². The lowest BCUT2D eigenvalue weighted by Crippen LogP contribution is -2.50. The van der Waals surface area contributed by atoms with Gasteiger partial charge in [-0.3, -0.25) is 4.79 Å². The quantitative estimate of drug-likeness (QED) is 0.229. The summed E-state index contributed by atoms with van der Waals surface area (Å²) in [6, 6.07) is 7.83. The van der Waals surface area contributed by atoms with Crippen LogP contribution >= 0.6 is 7.37 Å². The molecule has 0 aliphatic rings. The summed E-state index contributed by atoms with van der Waals surface area (Å²) in [5, 5.41) is 0. The van der Waals surface area contributed by atoms with E-state index in [-0.39, 0.29) is 5.56 Å². The minimum absolute atomic E-state index is 0.167. The van der Waals surface area contributed by atoms with Crippen molar-refractivity contribution >= 4 is 12.9 Å². The van der Waals surface area contributed by atoms with Gasteiger partial charge in [0.15, 0.2) is 0 Å². The van der Waals surface area contributed by atoms with Crippen molar-refractivity contribution < 1.29 is 18.7 Å². The van der Waals surface area contributed by atoms with Gasteiger partial charge in [-0.15, -0.1) is 0 Å². The predicted molar refractivity (Wildman–Crippen MR) is 128 cm³/mol. The highest BCUT2D eigenvalue weighted by molar-refractivity contribution is 7.77. The van der Waals surface area contributed by atoms with E-state index < -0.39 is 12.9 Å². The molecule has 0 fully saturated rings. The van der Waals surface area contributed by atoms with E-state index in [1.807, 2.05) is 0 Å². The van der Waals surface area contributed by atoms with Crippen molar-refractivity contribution in [2.75, 3.05) is 26.2 Å². The van der Waals surface area contributed by atoms with Gasteiger partial charge in [0.1, 0.15) is 7.37 Å². The molecule has 172 valence electrons. The maximum Gasteiger partial charge on any atom is 0.210 e. The van der Waals surface area contributed by atoms with Gasteiger partial charge in [-0.2, -0.15) is 0 Å². The third-order valence-electron chi connectivity index (χ3n) is 5.49. The Bertz CT molecular complexity index is 593. The second-order valence-electron chi connectivity index (χ2n) is 8.10. The highest BCUT2D eigenvalue weighted by Gasteiger charge is 2.24. The number of unbranched alkanes of at least 4 members (excludes halogenated alkanes) is 4. The summed E-state index contributed by atoms with van der Waals surface area (Å²) in [5.41, 5.74) is -0.719. The van der Waals surface area contributed by atoms with Crippen molar-refractivity contribution in [3.8, 4) is 0 Å². The highest BCUT2D eigenvalue weighted by atomic mass is 31.2. The molecule has 0 N–H and O–H groups in total. The normalized spacial score (nSPS) is 13.1. The first kappa shape index (κ1) is 28.8. The fourth-order valence-corrected chi connectivity index (χ4v) is 4.16. The number of rotatable bonds is 15. The Hall–Kier alpha value is -1.22. The summed E-state index contributed by atoms with van der Waals surface area (Å²) in [4.78, 5) is 22.3. The molecule has 0 bridgehead atoms. The van der Waals surface area contributed by atoms with Crippen molar-refractivity contribution in [2.24, 2.45) is 0 Å².